The summed E-state index contributed by atoms with van der Waals surface area (Å²) in [4.78, 5) is 1.95. The molecule has 3 nitrogen and oxygen atoms in total. The minimum atomic E-state index is -0.202. The van der Waals surface area contributed by atoms with Crippen molar-refractivity contribution in [1.29, 1.82) is 0 Å². The molecule has 0 fully saturated rings. The molecule has 0 atom stereocenters. The molecule has 1 aromatic carbocycles. The quantitative estimate of drug-likeness (QED) is 0.410. The lowest BCUT2D eigenvalue weighted by Crippen LogP contribution is -2.35. The highest BCUT2D eigenvalue weighted by atomic mass is 19.1. The number of benzene rings is 1. The van der Waals surface area contributed by atoms with Crippen molar-refractivity contribution in [1.82, 2.24) is 10.3 Å². The maximum atomic E-state index is 12.7. The molecule has 3 N–H and O–H groups in total. The van der Waals surface area contributed by atoms with Crippen LogP contribution in [-0.2, 0) is 6.54 Å². The van der Waals surface area contributed by atoms with Gasteiger partial charge in [0.2, 0.25) is 0 Å². The standard InChI is InChI=1S/C9H14FN3/c1-13(7-12-11)6-8-3-2-4-9(10)5-8/h2-5,12H,6-7,11H2,1H3. The Bertz CT molecular complexity index is 265. The van der Waals surface area contributed by atoms with Crippen LogP contribution >= 0.6 is 0 Å². The van der Waals surface area contributed by atoms with Crippen LogP contribution < -0.4 is 11.3 Å². The van der Waals surface area contributed by atoms with Gasteiger partial charge in [0.05, 0.1) is 6.67 Å². The number of rotatable bonds is 4. The molecule has 0 unspecified atom stereocenters. The predicted octanol–water partition coefficient (Wildman–Crippen LogP) is 0.678. The Morgan fingerprint density at radius 1 is 1.54 bits per heavy atom. The summed E-state index contributed by atoms with van der Waals surface area (Å²) in [6.07, 6.45) is 0. The molecule has 0 saturated heterocycles. The van der Waals surface area contributed by atoms with Gasteiger partial charge in [0.1, 0.15) is 5.82 Å². The third-order valence-electron chi connectivity index (χ3n) is 1.70. The fraction of sp³-hybridized carbons (Fsp3) is 0.333. The van der Waals surface area contributed by atoms with Crippen LogP contribution in [0.4, 0.5) is 4.39 Å². The first kappa shape index (κ1) is 10.1. The summed E-state index contributed by atoms with van der Waals surface area (Å²) in [6.45, 7) is 1.26. The molecular weight excluding hydrogens is 169 g/mol. The van der Waals surface area contributed by atoms with E-state index in [2.05, 4.69) is 5.43 Å². The third kappa shape index (κ3) is 3.50. The van der Waals surface area contributed by atoms with Crippen LogP contribution in [0.1, 0.15) is 5.56 Å². The van der Waals surface area contributed by atoms with Crippen LogP contribution in [0.15, 0.2) is 24.3 Å². The summed E-state index contributed by atoms with van der Waals surface area (Å²) in [5.41, 5.74) is 3.48. The number of nitrogens with zero attached hydrogens (tertiary/aromatic N) is 1. The molecule has 0 aliphatic carbocycles. The molecule has 4 heteroatoms. The fourth-order valence-electron chi connectivity index (χ4n) is 1.16. The molecule has 1 rings (SSSR count). The monoisotopic (exact) mass is 183 g/mol. The van der Waals surface area contributed by atoms with Crippen molar-refractivity contribution in [3.63, 3.8) is 0 Å². The van der Waals surface area contributed by atoms with E-state index in [0.717, 1.165) is 5.56 Å². The van der Waals surface area contributed by atoms with Gasteiger partial charge >= 0.3 is 0 Å². The van der Waals surface area contributed by atoms with Gasteiger partial charge in [-0.25, -0.2) is 9.82 Å². The molecule has 0 amide bonds. The van der Waals surface area contributed by atoms with Crippen LogP contribution in [0, 0.1) is 5.82 Å². The lowest BCUT2D eigenvalue weighted by molar-refractivity contribution is 0.301. The Morgan fingerprint density at radius 2 is 2.31 bits per heavy atom. The largest absolute Gasteiger partial charge is 0.288 e. The number of hydrazine groups is 1. The van der Waals surface area contributed by atoms with Crippen LogP contribution in [0.5, 0.6) is 0 Å². The van der Waals surface area contributed by atoms with E-state index in [1.165, 1.54) is 12.1 Å². The molecule has 0 aliphatic heterocycles. The first-order valence-electron chi connectivity index (χ1n) is 4.09. The fourth-order valence-corrected chi connectivity index (χ4v) is 1.16. The average molecular weight is 183 g/mol. The first-order chi connectivity index (χ1) is 6.22. The molecule has 0 bridgehead atoms. The number of hydrogen-bond acceptors (Lipinski definition) is 3. The van der Waals surface area contributed by atoms with Gasteiger partial charge in [-0.3, -0.25) is 10.7 Å². The Labute approximate surface area is 77.3 Å². The van der Waals surface area contributed by atoms with Crippen molar-refractivity contribution < 1.29 is 4.39 Å². The summed E-state index contributed by atoms with van der Waals surface area (Å²) in [5.74, 6) is 4.95. The summed E-state index contributed by atoms with van der Waals surface area (Å²) < 4.78 is 12.7. The highest BCUT2D eigenvalue weighted by Crippen LogP contribution is 2.05. The van der Waals surface area contributed by atoms with E-state index in [-0.39, 0.29) is 5.82 Å². The van der Waals surface area contributed by atoms with E-state index in [1.807, 2.05) is 18.0 Å². The van der Waals surface area contributed by atoms with E-state index >= 15 is 0 Å². The van der Waals surface area contributed by atoms with E-state index in [1.54, 1.807) is 6.07 Å². The molecule has 0 aromatic heterocycles. The second-order valence-corrected chi connectivity index (χ2v) is 3.01. The molecule has 0 aliphatic rings. The van der Waals surface area contributed by atoms with Gasteiger partial charge in [-0.05, 0) is 24.7 Å². The molecule has 13 heavy (non-hydrogen) atoms. The molecule has 0 radical (unpaired) electrons. The van der Waals surface area contributed by atoms with E-state index in [4.69, 9.17) is 5.84 Å². The topological polar surface area (TPSA) is 41.3 Å². The van der Waals surface area contributed by atoms with Gasteiger partial charge in [-0.15, -0.1) is 0 Å². The molecule has 0 spiro atoms. The molecule has 1 aromatic rings. The zero-order chi connectivity index (χ0) is 9.68. The smallest absolute Gasteiger partial charge is 0.123 e. The van der Waals surface area contributed by atoms with Crippen molar-refractivity contribution in [3.05, 3.63) is 35.6 Å². The normalized spacial score (nSPS) is 10.8. The second kappa shape index (κ2) is 4.91. The zero-order valence-corrected chi connectivity index (χ0v) is 7.63. The zero-order valence-electron chi connectivity index (χ0n) is 7.63. The van der Waals surface area contributed by atoms with Gasteiger partial charge in [0, 0.05) is 6.54 Å². The van der Waals surface area contributed by atoms with Crippen LogP contribution in [0.2, 0.25) is 0 Å². The van der Waals surface area contributed by atoms with Crippen molar-refractivity contribution in [2.24, 2.45) is 5.84 Å². The summed E-state index contributed by atoms with van der Waals surface area (Å²) in [6, 6.07) is 6.54. The van der Waals surface area contributed by atoms with Crippen LogP contribution in [0.3, 0.4) is 0 Å². The molecule has 0 saturated carbocycles. The van der Waals surface area contributed by atoms with E-state index in [0.29, 0.717) is 13.2 Å². The minimum Gasteiger partial charge on any atom is -0.288 e. The number of halogens is 1. The highest BCUT2D eigenvalue weighted by Gasteiger charge is 1.99. The van der Waals surface area contributed by atoms with Gasteiger partial charge in [-0.2, -0.15) is 0 Å². The second-order valence-electron chi connectivity index (χ2n) is 3.01. The van der Waals surface area contributed by atoms with Crippen LogP contribution in [-0.4, -0.2) is 18.6 Å². The molecule has 0 heterocycles. The summed E-state index contributed by atoms with van der Waals surface area (Å²) in [7, 11) is 1.91. The van der Waals surface area contributed by atoms with Crippen molar-refractivity contribution in [2.45, 2.75) is 6.54 Å². The maximum absolute atomic E-state index is 12.7. The maximum Gasteiger partial charge on any atom is 0.123 e. The number of hydrogen-bond donors (Lipinski definition) is 2. The Kier molecular flexibility index (Phi) is 3.82. The van der Waals surface area contributed by atoms with Gasteiger partial charge in [0.15, 0.2) is 0 Å². The number of nitrogens with one attached hydrogen (secondary N) is 1. The van der Waals surface area contributed by atoms with Crippen LogP contribution in [0.25, 0.3) is 0 Å². The molecular formula is C9H14FN3. The third-order valence-corrected chi connectivity index (χ3v) is 1.70. The van der Waals surface area contributed by atoms with Crippen molar-refractivity contribution >= 4 is 0 Å². The van der Waals surface area contributed by atoms with E-state index in [9.17, 15) is 4.39 Å². The Hall–Kier alpha value is -0.970. The number of nitrogens with two attached hydrogens (primary N) is 1. The van der Waals surface area contributed by atoms with E-state index < -0.39 is 0 Å². The highest BCUT2D eigenvalue weighted by molar-refractivity contribution is 5.15. The van der Waals surface area contributed by atoms with Crippen molar-refractivity contribution in [3.8, 4) is 0 Å². The minimum absolute atomic E-state index is 0.202. The first-order valence-corrected chi connectivity index (χ1v) is 4.09. The lowest BCUT2D eigenvalue weighted by atomic mass is 10.2. The molecule has 72 valence electrons. The van der Waals surface area contributed by atoms with Gasteiger partial charge in [0.25, 0.3) is 0 Å². The van der Waals surface area contributed by atoms with Gasteiger partial charge < -0.3 is 0 Å². The summed E-state index contributed by atoms with van der Waals surface area (Å²) >= 11 is 0. The van der Waals surface area contributed by atoms with Gasteiger partial charge in [-0.1, -0.05) is 12.1 Å². The Morgan fingerprint density at radius 3 is 2.92 bits per heavy atom. The summed E-state index contributed by atoms with van der Waals surface area (Å²) in [5, 5.41) is 0. The lowest BCUT2D eigenvalue weighted by Gasteiger charge is -2.15. The Balaban J connectivity index is 2.53. The predicted molar refractivity (Wildman–Crippen MR) is 50.1 cm³/mol. The average Bonchev–Trinajstić information content (AvgIpc) is 2.04. The van der Waals surface area contributed by atoms with Crippen molar-refractivity contribution in [2.75, 3.05) is 13.7 Å². The SMILES string of the molecule is CN(CNN)Cc1cccc(F)c1.